The van der Waals surface area contributed by atoms with Crippen LogP contribution < -0.4 is 10.2 Å². The smallest absolute Gasteiger partial charge is 0.00985 e. The molecule has 0 bridgehead atoms. The van der Waals surface area contributed by atoms with Gasteiger partial charge in [-0.3, -0.25) is 0 Å². The van der Waals surface area contributed by atoms with Crippen molar-refractivity contribution in [3.8, 4) is 0 Å². The molecule has 226 valence electrons. The summed E-state index contributed by atoms with van der Waals surface area (Å²) >= 11 is 0. The van der Waals surface area contributed by atoms with Gasteiger partial charge in [-0.1, -0.05) is 146 Å². The summed E-state index contributed by atoms with van der Waals surface area (Å²) in [5, 5.41) is 24.3. The monoisotopic (exact) mass is 564 g/mol. The van der Waals surface area contributed by atoms with E-state index in [-0.39, 0.29) is 22.3 Å². The lowest BCUT2D eigenvalue weighted by Gasteiger charge is -2.37. The quantitative estimate of drug-likeness (QED) is 0.262. The predicted molar refractivity (Wildman–Crippen MR) is 179 cm³/mol. The van der Waals surface area contributed by atoms with Gasteiger partial charge in [-0.25, -0.2) is 0 Å². The minimum atomic E-state index is 0.0404. The summed E-state index contributed by atoms with van der Waals surface area (Å²) in [5.41, 5.74) is 8.82. The fourth-order valence-corrected chi connectivity index (χ4v) is 5.28. The molecule has 42 heavy (non-hydrogen) atoms. The summed E-state index contributed by atoms with van der Waals surface area (Å²) in [5.74, 6) is 0.542. The van der Waals surface area contributed by atoms with Gasteiger partial charge < -0.3 is 10.2 Å². The van der Waals surface area contributed by atoms with E-state index in [0.717, 1.165) is 57.4 Å². The number of hydrogen-bond donors (Lipinski definition) is 0. The van der Waals surface area contributed by atoms with E-state index in [2.05, 4.69) is 140 Å². The molecule has 2 rings (SSSR count). The van der Waals surface area contributed by atoms with Gasteiger partial charge >= 0.3 is 0 Å². The molecule has 2 aliphatic rings. The molecule has 0 radical (unpaired) electrons. The standard InChI is InChI=1S/C40H54O2/c1-29(17-13-19-31(3)21-23-35-33(5)37(41)25-27-39(35,7)8)15-11-12-16-30(2)18-14-20-32(4)22-24-36-34(6)38(42)26-28-40(36,9)10/h11-24,41-42H,25-28H2,1-10H3/p-2/b15-11+,16-12+,19-13+,20-14+,29-17+,30-18+,31-21+,32-22+,35-23-,36-24+. The summed E-state index contributed by atoms with van der Waals surface area (Å²) < 4.78 is 0. The predicted octanol–water partition coefficient (Wildman–Crippen LogP) is 9.76. The normalized spacial score (nSPS) is 23.3. The highest BCUT2D eigenvalue weighted by Gasteiger charge is 2.28. The molecule has 0 saturated carbocycles. The third kappa shape index (κ3) is 10.7. The van der Waals surface area contributed by atoms with Crippen LogP contribution in [0.5, 0.6) is 0 Å². The average molecular weight is 565 g/mol. The highest BCUT2D eigenvalue weighted by atomic mass is 16.3. The van der Waals surface area contributed by atoms with Crippen molar-refractivity contribution in [3.63, 3.8) is 0 Å². The summed E-state index contributed by atoms with van der Waals surface area (Å²) in [6.07, 6.45) is 32.4. The first kappa shape index (κ1) is 34.7. The summed E-state index contributed by atoms with van der Waals surface area (Å²) in [6, 6.07) is 0. The molecule has 0 amide bonds. The molecule has 2 nitrogen and oxygen atoms in total. The second kappa shape index (κ2) is 15.6. The molecule has 0 unspecified atom stereocenters. The Hall–Kier alpha value is -3.52. The first-order chi connectivity index (χ1) is 19.6. The van der Waals surface area contributed by atoms with Crippen LogP contribution in [0.25, 0.3) is 0 Å². The van der Waals surface area contributed by atoms with Crippen molar-refractivity contribution in [1.29, 1.82) is 0 Å². The Bertz CT molecular complexity index is 1260. The fourth-order valence-electron chi connectivity index (χ4n) is 5.28. The molecule has 0 spiro atoms. The van der Waals surface area contributed by atoms with E-state index in [0.29, 0.717) is 12.8 Å². The van der Waals surface area contributed by atoms with Crippen molar-refractivity contribution in [3.05, 3.63) is 141 Å². The topological polar surface area (TPSA) is 46.1 Å². The van der Waals surface area contributed by atoms with Gasteiger partial charge in [0.15, 0.2) is 0 Å². The molecule has 0 aromatic carbocycles. The number of allylic oxidation sites excluding steroid dienone is 24. The van der Waals surface area contributed by atoms with Crippen LogP contribution in [0.15, 0.2) is 141 Å². The zero-order chi connectivity index (χ0) is 31.5. The van der Waals surface area contributed by atoms with Gasteiger partial charge in [0.05, 0.1) is 0 Å². The third-order valence-corrected chi connectivity index (χ3v) is 8.35. The Morgan fingerprint density at radius 1 is 0.524 bits per heavy atom. The lowest BCUT2D eigenvalue weighted by molar-refractivity contribution is -0.310. The minimum absolute atomic E-state index is 0.0404. The molecular weight excluding hydrogens is 512 g/mol. The largest absolute Gasteiger partial charge is 0.875 e. The lowest BCUT2D eigenvalue weighted by Crippen LogP contribution is -2.25. The molecule has 0 N–H and O–H groups in total. The van der Waals surface area contributed by atoms with Gasteiger partial charge in [-0.15, -0.1) is 11.5 Å². The zero-order valence-corrected chi connectivity index (χ0v) is 27.7. The highest BCUT2D eigenvalue weighted by Crippen LogP contribution is 2.42. The summed E-state index contributed by atoms with van der Waals surface area (Å²) in [6.45, 7) is 21.1. The van der Waals surface area contributed by atoms with Crippen molar-refractivity contribution in [2.75, 3.05) is 0 Å². The zero-order valence-electron chi connectivity index (χ0n) is 27.7. The summed E-state index contributed by atoms with van der Waals surface area (Å²) in [7, 11) is 0. The molecule has 2 heteroatoms. The van der Waals surface area contributed by atoms with E-state index in [4.69, 9.17) is 0 Å². The van der Waals surface area contributed by atoms with Gasteiger partial charge in [0.1, 0.15) is 0 Å². The van der Waals surface area contributed by atoms with Crippen LogP contribution in [-0.4, -0.2) is 0 Å². The van der Waals surface area contributed by atoms with Crippen molar-refractivity contribution < 1.29 is 10.2 Å². The lowest BCUT2D eigenvalue weighted by atomic mass is 9.72. The molecule has 0 saturated heterocycles. The molecule has 0 aromatic rings. The maximum atomic E-state index is 12.2. The van der Waals surface area contributed by atoms with Crippen LogP contribution in [0.4, 0.5) is 0 Å². The number of rotatable bonds is 9. The van der Waals surface area contributed by atoms with Gasteiger partial charge in [0, 0.05) is 0 Å². The van der Waals surface area contributed by atoms with Gasteiger partial charge in [0.25, 0.3) is 0 Å². The molecule has 0 aliphatic heterocycles. The fraction of sp³-hybridized carbons (Fsp3) is 0.400. The van der Waals surface area contributed by atoms with E-state index >= 15 is 0 Å². The van der Waals surface area contributed by atoms with Gasteiger partial charge in [0.2, 0.25) is 0 Å². The van der Waals surface area contributed by atoms with E-state index in [1.165, 1.54) is 0 Å². The second-order valence-electron chi connectivity index (χ2n) is 13.1. The first-order valence-corrected chi connectivity index (χ1v) is 15.2. The summed E-state index contributed by atoms with van der Waals surface area (Å²) in [4.78, 5) is 0. The van der Waals surface area contributed by atoms with Crippen LogP contribution in [0.2, 0.25) is 0 Å². The number of hydrogen-bond acceptors (Lipinski definition) is 2. The van der Waals surface area contributed by atoms with Crippen molar-refractivity contribution in [2.45, 2.75) is 94.9 Å². The van der Waals surface area contributed by atoms with E-state index in [1.54, 1.807) is 0 Å². The first-order valence-electron chi connectivity index (χ1n) is 15.2. The molecule has 2 aliphatic carbocycles. The molecular formula is C40H52O2-2. The van der Waals surface area contributed by atoms with Crippen LogP contribution in [0, 0.1) is 10.8 Å². The SMILES string of the molecule is CC1=C([O-])CCC(C)(C)/C1=C/C=C(C)/C=C/C=C(C)/C=C/C=C/C(C)=C/C=C/C(C)=C/C=C1/C(C)=C([O-])CCC1(C)C. The van der Waals surface area contributed by atoms with E-state index in [9.17, 15) is 10.2 Å². The van der Waals surface area contributed by atoms with Gasteiger partial charge in [-0.2, -0.15) is 0 Å². The molecule has 0 atom stereocenters. The molecule has 0 heterocycles. The Morgan fingerprint density at radius 3 is 1.19 bits per heavy atom. The Kier molecular flexibility index (Phi) is 12.9. The van der Waals surface area contributed by atoms with Crippen LogP contribution in [0.3, 0.4) is 0 Å². The second-order valence-corrected chi connectivity index (χ2v) is 13.1. The Balaban J connectivity index is 1.94. The average Bonchev–Trinajstić information content (AvgIpc) is 2.91. The van der Waals surface area contributed by atoms with Crippen molar-refractivity contribution >= 4 is 0 Å². The molecule has 0 aromatic heterocycles. The Morgan fingerprint density at radius 2 is 0.833 bits per heavy atom. The van der Waals surface area contributed by atoms with E-state index < -0.39 is 0 Å². The Labute approximate surface area is 256 Å². The highest BCUT2D eigenvalue weighted by molar-refractivity contribution is 5.43. The van der Waals surface area contributed by atoms with Crippen LogP contribution in [-0.2, 0) is 0 Å². The van der Waals surface area contributed by atoms with Crippen molar-refractivity contribution in [1.82, 2.24) is 0 Å². The molecule has 0 fully saturated rings. The maximum absolute atomic E-state index is 12.2. The van der Waals surface area contributed by atoms with E-state index in [1.807, 2.05) is 13.8 Å². The third-order valence-electron chi connectivity index (χ3n) is 8.35. The van der Waals surface area contributed by atoms with Crippen LogP contribution >= 0.6 is 0 Å². The van der Waals surface area contributed by atoms with Gasteiger partial charge in [-0.05, 0) is 89.2 Å². The van der Waals surface area contributed by atoms with Crippen molar-refractivity contribution in [2.24, 2.45) is 10.8 Å². The minimum Gasteiger partial charge on any atom is -0.875 e. The maximum Gasteiger partial charge on any atom is -0.00985 e. The van der Waals surface area contributed by atoms with Crippen LogP contribution in [0.1, 0.15) is 94.9 Å².